The van der Waals surface area contributed by atoms with E-state index in [4.69, 9.17) is 4.98 Å². The lowest BCUT2D eigenvalue weighted by atomic mass is 9.62. The molecule has 7 aromatic rings. The number of nitrogens with zero attached hydrogens (tertiary/aromatic N) is 3. The quantitative estimate of drug-likeness (QED) is 0.242. The number of hydrogen-bond donors (Lipinski definition) is 1. The van der Waals surface area contributed by atoms with Crippen LogP contribution in [0.3, 0.4) is 0 Å². The van der Waals surface area contributed by atoms with Crippen LogP contribution in [-0.2, 0) is 10.6 Å². The molecule has 0 spiro atoms. The van der Waals surface area contributed by atoms with Gasteiger partial charge in [-0.15, -0.1) is 0 Å². The first kappa shape index (κ1) is 25.5. The van der Waals surface area contributed by atoms with Gasteiger partial charge < -0.3 is 4.98 Å². The number of rotatable bonds is 5. The predicted molar refractivity (Wildman–Crippen MR) is 178 cm³/mol. The fraction of sp³-hybridized carbons (Fsp3) is 0.171. The number of para-hydroxylation sites is 2. The van der Waals surface area contributed by atoms with Crippen molar-refractivity contribution in [3.05, 3.63) is 115 Å². The first-order chi connectivity index (χ1) is 19.6. The Labute approximate surface area is 242 Å². The Kier molecular flexibility index (Phi) is 5.62. The highest BCUT2D eigenvalue weighted by molar-refractivity contribution is 6.21. The summed E-state index contributed by atoms with van der Waals surface area (Å²) < 4.78 is 4.61. The number of imidazole rings is 1. The average Bonchev–Trinajstić information content (AvgIpc) is 3.65. The summed E-state index contributed by atoms with van der Waals surface area (Å²) in [5.74, 6) is 0.881. The molecule has 7 rings (SSSR count). The van der Waals surface area contributed by atoms with Crippen molar-refractivity contribution in [2.24, 2.45) is 0 Å². The topological polar surface area (TPSA) is 38.5 Å². The monoisotopic (exact) mass is 532 g/mol. The van der Waals surface area contributed by atoms with Crippen molar-refractivity contribution in [1.82, 2.24) is 19.1 Å². The van der Waals surface area contributed by atoms with E-state index in [-0.39, 0.29) is 10.6 Å². The molecular formula is C35H34B2N4. The number of H-pyrrole nitrogens is 1. The predicted octanol–water partition coefficient (Wildman–Crippen LogP) is 6.85. The van der Waals surface area contributed by atoms with Crippen LogP contribution in [0, 0.1) is 0 Å². The zero-order valence-electron chi connectivity index (χ0n) is 24.7. The maximum atomic E-state index is 5.04. The minimum atomic E-state index is -0.100. The molecule has 0 bridgehead atoms. The number of aromatic nitrogens is 4. The van der Waals surface area contributed by atoms with Crippen LogP contribution in [-0.4, -0.2) is 34.8 Å². The van der Waals surface area contributed by atoms with E-state index in [0.717, 1.165) is 22.6 Å². The Bertz CT molecular complexity index is 2030. The van der Waals surface area contributed by atoms with Crippen molar-refractivity contribution in [3.8, 4) is 22.8 Å². The lowest BCUT2D eigenvalue weighted by molar-refractivity contribution is 0.715. The van der Waals surface area contributed by atoms with Crippen molar-refractivity contribution >= 4 is 48.5 Å². The van der Waals surface area contributed by atoms with Crippen LogP contribution in [0.5, 0.6) is 0 Å². The summed E-state index contributed by atoms with van der Waals surface area (Å²) in [6, 6.07) is 32.7. The molecule has 0 radical (unpaired) electrons. The van der Waals surface area contributed by atoms with Gasteiger partial charge in [-0.1, -0.05) is 94.4 Å². The number of benzene rings is 4. The van der Waals surface area contributed by atoms with E-state index in [1.54, 1.807) is 0 Å². The Hall–Kier alpha value is -4.44. The molecule has 41 heavy (non-hydrogen) atoms. The molecular weight excluding hydrogens is 498 g/mol. The van der Waals surface area contributed by atoms with E-state index in [9.17, 15) is 0 Å². The summed E-state index contributed by atoms with van der Waals surface area (Å²) in [4.78, 5) is 8.77. The molecule has 4 aromatic carbocycles. The van der Waals surface area contributed by atoms with E-state index < -0.39 is 0 Å². The standard InChI is InChI=1S/C35H34B2N4/c1-34(2,36)26-20-23(22-12-6-5-7-13-22)21-27(35(3,4)37)31(26)40-19-18-38-33(40)41-29-17-11-9-15-25(29)30-24-14-8-10-16-28(24)39-32(30)41/h5-21,39H,36-37H2,1-4H3. The molecule has 0 fully saturated rings. The zero-order valence-corrected chi connectivity index (χ0v) is 24.7. The van der Waals surface area contributed by atoms with E-state index in [0.29, 0.717) is 0 Å². The summed E-state index contributed by atoms with van der Waals surface area (Å²) in [6.45, 7) is 9.24. The smallest absolute Gasteiger partial charge is 0.220 e. The summed E-state index contributed by atoms with van der Waals surface area (Å²) >= 11 is 0. The second kappa shape index (κ2) is 9.04. The highest BCUT2D eigenvalue weighted by Gasteiger charge is 2.30. The largest absolute Gasteiger partial charge is 0.340 e. The maximum absolute atomic E-state index is 5.04. The van der Waals surface area contributed by atoms with Crippen LogP contribution in [0.25, 0.3) is 55.6 Å². The number of hydrogen-bond acceptors (Lipinski definition) is 1. The molecule has 0 saturated carbocycles. The SMILES string of the molecule is BC(C)(C)c1cc(-c2ccccc2)cc(C(B)(C)C)c1-n1ccnc1-n1c2ccccc2c2c3ccccc3[nH]c21. The van der Waals surface area contributed by atoms with E-state index in [1.165, 1.54) is 44.1 Å². The van der Waals surface area contributed by atoms with E-state index in [2.05, 4.69) is 155 Å². The Balaban J connectivity index is 1.58. The Morgan fingerprint density at radius 1 is 0.707 bits per heavy atom. The molecule has 0 aliphatic carbocycles. The summed E-state index contributed by atoms with van der Waals surface area (Å²) in [7, 11) is 4.62. The molecule has 4 nitrogen and oxygen atoms in total. The number of nitrogens with one attached hydrogen (secondary N) is 1. The molecule has 1 N–H and O–H groups in total. The van der Waals surface area contributed by atoms with Gasteiger partial charge in [-0.25, -0.2) is 4.98 Å². The first-order valence-electron chi connectivity index (χ1n) is 14.4. The molecule has 0 unspecified atom stereocenters. The van der Waals surface area contributed by atoms with Gasteiger partial charge >= 0.3 is 0 Å². The lowest BCUT2D eigenvalue weighted by Crippen LogP contribution is -2.26. The van der Waals surface area contributed by atoms with Crippen LogP contribution < -0.4 is 0 Å². The van der Waals surface area contributed by atoms with Gasteiger partial charge in [0.25, 0.3) is 0 Å². The maximum Gasteiger partial charge on any atom is 0.220 e. The normalized spacial score (nSPS) is 12.6. The third kappa shape index (κ3) is 4.04. The molecule has 0 aliphatic rings. The minimum absolute atomic E-state index is 0.100. The zero-order chi connectivity index (χ0) is 28.5. The van der Waals surface area contributed by atoms with Crippen LogP contribution in [0.4, 0.5) is 0 Å². The molecule has 0 amide bonds. The van der Waals surface area contributed by atoms with Crippen molar-refractivity contribution in [1.29, 1.82) is 0 Å². The number of aromatic amines is 1. The van der Waals surface area contributed by atoms with Crippen molar-refractivity contribution < 1.29 is 0 Å². The van der Waals surface area contributed by atoms with Crippen molar-refractivity contribution in [3.63, 3.8) is 0 Å². The van der Waals surface area contributed by atoms with Gasteiger partial charge in [-0.05, 0) is 57.1 Å². The van der Waals surface area contributed by atoms with Crippen molar-refractivity contribution in [2.75, 3.05) is 0 Å². The second-order valence-corrected chi connectivity index (χ2v) is 13.1. The summed E-state index contributed by atoms with van der Waals surface area (Å²) in [5.41, 5.74) is 9.62. The van der Waals surface area contributed by atoms with Gasteiger partial charge in [0, 0.05) is 34.1 Å². The highest BCUT2D eigenvalue weighted by Crippen LogP contribution is 2.41. The van der Waals surface area contributed by atoms with Crippen molar-refractivity contribution in [2.45, 2.75) is 38.3 Å². The molecule has 0 saturated heterocycles. The van der Waals surface area contributed by atoms with Gasteiger partial charge in [0.15, 0.2) is 0 Å². The molecule has 200 valence electrons. The lowest BCUT2D eigenvalue weighted by Gasteiger charge is -2.32. The third-order valence-corrected chi connectivity index (χ3v) is 8.22. The molecule has 6 heteroatoms. The Morgan fingerprint density at radius 3 is 2.00 bits per heavy atom. The number of fused-ring (bicyclic) bond motifs is 5. The van der Waals surface area contributed by atoms with Crippen LogP contribution >= 0.6 is 0 Å². The van der Waals surface area contributed by atoms with E-state index >= 15 is 0 Å². The molecule has 0 atom stereocenters. The van der Waals surface area contributed by atoms with Gasteiger partial charge in [-0.3, -0.25) is 9.13 Å². The summed E-state index contributed by atoms with van der Waals surface area (Å²) in [6.07, 6.45) is 4.06. The third-order valence-electron chi connectivity index (χ3n) is 8.22. The molecule has 0 aliphatic heterocycles. The second-order valence-electron chi connectivity index (χ2n) is 13.1. The van der Waals surface area contributed by atoms with Gasteiger partial charge in [0.2, 0.25) is 5.95 Å². The molecule has 3 heterocycles. The molecule has 3 aromatic heterocycles. The highest BCUT2D eigenvalue weighted by atomic mass is 15.3. The minimum Gasteiger partial charge on any atom is -0.340 e. The van der Waals surface area contributed by atoms with Crippen LogP contribution in [0.15, 0.2) is 103 Å². The average molecular weight is 532 g/mol. The fourth-order valence-electron chi connectivity index (χ4n) is 6.25. The van der Waals surface area contributed by atoms with Gasteiger partial charge in [0.05, 0.1) is 11.2 Å². The van der Waals surface area contributed by atoms with Gasteiger partial charge in [-0.2, -0.15) is 0 Å². The summed E-state index contributed by atoms with van der Waals surface area (Å²) in [5, 5.41) is 3.49. The first-order valence-corrected chi connectivity index (χ1v) is 14.4. The van der Waals surface area contributed by atoms with Crippen LogP contribution in [0.1, 0.15) is 38.8 Å². The van der Waals surface area contributed by atoms with Gasteiger partial charge in [0.1, 0.15) is 21.3 Å². The fourth-order valence-corrected chi connectivity index (χ4v) is 6.25. The van der Waals surface area contributed by atoms with E-state index in [1.807, 2.05) is 6.20 Å². The Morgan fingerprint density at radius 2 is 1.32 bits per heavy atom. The van der Waals surface area contributed by atoms with Crippen LogP contribution in [0.2, 0.25) is 0 Å².